The molecule has 2 saturated heterocycles. The van der Waals surface area contributed by atoms with Crippen molar-refractivity contribution in [2.24, 2.45) is 0 Å². The smallest absolute Gasteiger partial charge is 0.271 e. The van der Waals surface area contributed by atoms with Gasteiger partial charge in [-0.2, -0.15) is 0 Å². The zero-order chi connectivity index (χ0) is 15.8. The van der Waals surface area contributed by atoms with Gasteiger partial charge in [0.15, 0.2) is 0 Å². The highest BCUT2D eigenvalue weighted by atomic mass is 16.2. The third-order valence-corrected chi connectivity index (χ3v) is 4.68. The molecule has 0 saturated carbocycles. The van der Waals surface area contributed by atoms with E-state index in [9.17, 15) is 4.79 Å². The molecule has 2 aliphatic heterocycles. The molecule has 0 spiro atoms. The number of carbonyl (C=O) groups excluding carboxylic acids is 1. The number of rotatable bonds is 2. The molecular formula is C17H18N4O2. The van der Waals surface area contributed by atoms with Gasteiger partial charge in [-0.1, -0.05) is 5.92 Å². The molecule has 3 N–H and O–H groups in total. The molecule has 0 unspecified atom stereocenters. The zero-order valence-corrected chi connectivity index (χ0v) is 12.6. The zero-order valence-electron chi connectivity index (χ0n) is 12.6. The van der Waals surface area contributed by atoms with Crippen LogP contribution in [0.15, 0.2) is 24.5 Å². The van der Waals surface area contributed by atoms with Gasteiger partial charge in [-0.25, -0.2) is 4.98 Å². The Balaban J connectivity index is 1.57. The Labute approximate surface area is 133 Å². The topological polar surface area (TPSA) is 78.7 Å². The summed E-state index contributed by atoms with van der Waals surface area (Å²) >= 11 is 0. The number of aliphatic hydroxyl groups excluding tert-OH is 1. The maximum absolute atomic E-state index is 12.5. The maximum atomic E-state index is 12.5. The van der Waals surface area contributed by atoms with Gasteiger partial charge in [0, 0.05) is 24.3 Å². The third kappa shape index (κ3) is 2.58. The van der Waals surface area contributed by atoms with Gasteiger partial charge in [0.25, 0.3) is 5.91 Å². The second-order valence-electron chi connectivity index (χ2n) is 6.11. The second-order valence-corrected chi connectivity index (χ2v) is 6.11. The fraction of sp³-hybridized carbons (Fsp3) is 0.412. The first-order valence-electron chi connectivity index (χ1n) is 7.88. The van der Waals surface area contributed by atoms with Gasteiger partial charge in [-0.05, 0) is 37.3 Å². The molecule has 6 heteroatoms. The number of aromatic nitrogens is 2. The fourth-order valence-electron chi connectivity index (χ4n) is 3.58. The van der Waals surface area contributed by atoms with Gasteiger partial charge in [-0.3, -0.25) is 4.79 Å². The largest absolute Gasteiger partial charge is 0.384 e. The Kier molecular flexibility index (Phi) is 3.52. The van der Waals surface area contributed by atoms with Crippen molar-refractivity contribution >= 4 is 11.4 Å². The minimum atomic E-state index is -0.192. The van der Waals surface area contributed by atoms with Crippen LogP contribution in [0.2, 0.25) is 0 Å². The predicted octanol–water partition coefficient (Wildman–Crippen LogP) is 0.301. The second kappa shape index (κ2) is 5.69. The molecule has 6 nitrogen and oxygen atoms in total. The summed E-state index contributed by atoms with van der Waals surface area (Å²) in [5, 5.41) is 15.4. The number of hydrogen-bond donors (Lipinski definition) is 3. The molecule has 0 aliphatic carbocycles. The highest BCUT2D eigenvalue weighted by molar-refractivity contribution is 5.92. The molecule has 1 amide bonds. The van der Waals surface area contributed by atoms with Crippen LogP contribution in [0, 0.1) is 11.8 Å². The lowest BCUT2D eigenvalue weighted by Crippen LogP contribution is -2.43. The summed E-state index contributed by atoms with van der Waals surface area (Å²) < 4.78 is 1.82. The van der Waals surface area contributed by atoms with Crippen molar-refractivity contribution < 1.29 is 9.90 Å². The molecule has 2 bridgehead atoms. The normalized spacial score (nSPS) is 25.3. The highest BCUT2D eigenvalue weighted by Crippen LogP contribution is 2.28. The number of aliphatic hydroxyl groups is 1. The summed E-state index contributed by atoms with van der Waals surface area (Å²) in [5.74, 6) is 5.34. The summed E-state index contributed by atoms with van der Waals surface area (Å²) in [6.45, 7) is -0.192. The van der Waals surface area contributed by atoms with Crippen LogP contribution in [0.4, 0.5) is 0 Å². The van der Waals surface area contributed by atoms with E-state index in [4.69, 9.17) is 5.11 Å². The average Bonchev–Trinajstić information content (AvgIpc) is 3.27. The molecule has 2 aliphatic rings. The lowest BCUT2D eigenvalue weighted by atomic mass is 9.95. The molecule has 0 radical (unpaired) electrons. The van der Waals surface area contributed by atoms with Crippen molar-refractivity contribution in [2.45, 2.75) is 37.4 Å². The average molecular weight is 310 g/mol. The van der Waals surface area contributed by atoms with Gasteiger partial charge in [-0.15, -0.1) is 0 Å². The molecule has 23 heavy (non-hydrogen) atoms. The minimum Gasteiger partial charge on any atom is -0.384 e. The van der Waals surface area contributed by atoms with Crippen LogP contribution in [0.3, 0.4) is 0 Å². The quantitative estimate of drug-likeness (QED) is 0.697. The van der Waals surface area contributed by atoms with Crippen LogP contribution in [-0.2, 0) is 0 Å². The summed E-state index contributed by atoms with van der Waals surface area (Å²) in [7, 11) is 0. The van der Waals surface area contributed by atoms with Crippen molar-refractivity contribution in [3.05, 3.63) is 35.9 Å². The van der Waals surface area contributed by atoms with Crippen LogP contribution in [-0.4, -0.2) is 45.1 Å². The molecule has 2 aromatic rings. The molecule has 118 valence electrons. The van der Waals surface area contributed by atoms with Crippen LogP contribution in [0.1, 0.15) is 35.4 Å². The molecule has 2 aromatic heterocycles. The molecular weight excluding hydrogens is 292 g/mol. The molecule has 2 fully saturated rings. The number of nitrogens with one attached hydrogen (secondary N) is 2. The van der Waals surface area contributed by atoms with E-state index in [-0.39, 0.29) is 18.6 Å². The van der Waals surface area contributed by atoms with Gasteiger partial charge in [0.2, 0.25) is 0 Å². The molecule has 0 aromatic carbocycles. The first-order valence-corrected chi connectivity index (χ1v) is 7.88. The van der Waals surface area contributed by atoms with Crippen molar-refractivity contribution in [2.75, 3.05) is 6.61 Å². The number of carbonyl (C=O) groups is 1. The Morgan fingerprint density at radius 3 is 3.13 bits per heavy atom. The summed E-state index contributed by atoms with van der Waals surface area (Å²) in [6.07, 6.45) is 6.69. The first-order chi connectivity index (χ1) is 11.2. The molecule has 3 atom stereocenters. The van der Waals surface area contributed by atoms with E-state index < -0.39 is 0 Å². The monoisotopic (exact) mass is 310 g/mol. The van der Waals surface area contributed by atoms with Gasteiger partial charge in [0.05, 0.1) is 17.4 Å². The Morgan fingerprint density at radius 2 is 2.39 bits per heavy atom. The van der Waals surface area contributed by atoms with Gasteiger partial charge in [0.1, 0.15) is 12.3 Å². The van der Waals surface area contributed by atoms with E-state index >= 15 is 0 Å². The van der Waals surface area contributed by atoms with Crippen LogP contribution < -0.4 is 10.6 Å². The van der Waals surface area contributed by atoms with E-state index in [1.807, 2.05) is 16.5 Å². The maximum Gasteiger partial charge on any atom is 0.271 e. The number of amides is 1. The van der Waals surface area contributed by atoms with E-state index in [1.165, 1.54) is 6.42 Å². The van der Waals surface area contributed by atoms with Crippen molar-refractivity contribution in [3.8, 4) is 11.8 Å². The predicted molar refractivity (Wildman–Crippen MR) is 85.0 cm³/mol. The Hall–Kier alpha value is -2.36. The number of hydrogen-bond acceptors (Lipinski definition) is 4. The number of fused-ring (bicyclic) bond motifs is 3. The van der Waals surface area contributed by atoms with Crippen molar-refractivity contribution in [1.29, 1.82) is 0 Å². The van der Waals surface area contributed by atoms with Crippen molar-refractivity contribution in [1.82, 2.24) is 20.0 Å². The van der Waals surface area contributed by atoms with Gasteiger partial charge < -0.3 is 20.1 Å². The number of nitrogens with zero attached hydrogens (tertiary/aromatic N) is 2. The minimum absolute atomic E-state index is 0.152. The lowest BCUT2D eigenvalue weighted by Gasteiger charge is -2.21. The van der Waals surface area contributed by atoms with E-state index in [1.54, 1.807) is 12.4 Å². The van der Waals surface area contributed by atoms with E-state index in [0.717, 1.165) is 24.1 Å². The fourth-order valence-corrected chi connectivity index (χ4v) is 3.58. The van der Waals surface area contributed by atoms with Crippen molar-refractivity contribution in [3.63, 3.8) is 0 Å². The summed E-state index contributed by atoms with van der Waals surface area (Å²) in [4.78, 5) is 16.7. The standard InChI is InChI=1S/C17H18N4O2/c22-7-1-2-12-4-5-13-9-18-16(10-21(12)13)17(23)20-15-8-11-3-6-14(15)19-11/h4-5,9-11,14-15,19,22H,3,6-8H2,(H,20,23)/t11-,14+,15-/m1/s1. The van der Waals surface area contributed by atoms with Crippen LogP contribution in [0.5, 0.6) is 0 Å². The van der Waals surface area contributed by atoms with Crippen LogP contribution in [0.25, 0.3) is 5.52 Å². The van der Waals surface area contributed by atoms with E-state index in [2.05, 4.69) is 27.5 Å². The molecule has 4 rings (SSSR count). The highest BCUT2D eigenvalue weighted by Gasteiger charge is 2.39. The Bertz CT molecular complexity index is 817. The Morgan fingerprint density at radius 1 is 1.48 bits per heavy atom. The summed E-state index contributed by atoms with van der Waals surface area (Å²) in [5.41, 5.74) is 1.97. The molecule has 4 heterocycles. The lowest BCUT2D eigenvalue weighted by molar-refractivity contribution is 0.0925. The van der Waals surface area contributed by atoms with Crippen LogP contribution >= 0.6 is 0 Å². The van der Waals surface area contributed by atoms with Gasteiger partial charge >= 0.3 is 0 Å². The SMILES string of the molecule is O=C(N[C@@H]1C[C@H]2CC[C@@H]1N2)c1cn2c(C#CCO)ccc2cn1. The first kappa shape index (κ1) is 14.2. The van der Waals surface area contributed by atoms with E-state index in [0.29, 0.717) is 17.8 Å². The third-order valence-electron chi connectivity index (χ3n) is 4.68. The summed E-state index contributed by atoms with van der Waals surface area (Å²) in [6, 6.07) is 4.87.